The highest BCUT2D eigenvalue weighted by atomic mass is 35.5. The fourth-order valence-electron chi connectivity index (χ4n) is 3.73. The lowest BCUT2D eigenvalue weighted by Gasteiger charge is -2.29. The van der Waals surface area contributed by atoms with Gasteiger partial charge in [0, 0.05) is 27.2 Å². The van der Waals surface area contributed by atoms with E-state index in [2.05, 4.69) is 5.32 Å². The van der Waals surface area contributed by atoms with Crippen molar-refractivity contribution in [1.29, 1.82) is 0 Å². The molecule has 8 heteroatoms. The molecule has 0 saturated carbocycles. The van der Waals surface area contributed by atoms with Gasteiger partial charge in [-0.15, -0.1) is 0 Å². The predicted molar refractivity (Wildman–Crippen MR) is 122 cm³/mol. The second-order valence-corrected chi connectivity index (χ2v) is 8.32. The Balaban J connectivity index is 1.84. The zero-order chi connectivity index (χ0) is 22.5. The molecule has 0 spiro atoms. The molecule has 1 N–H and O–H groups in total. The van der Waals surface area contributed by atoms with Gasteiger partial charge in [-0.1, -0.05) is 48.0 Å². The summed E-state index contributed by atoms with van der Waals surface area (Å²) in [6.07, 6.45) is -0.190. The number of carbonyl (C=O) groups excluding carboxylic acids is 2. The summed E-state index contributed by atoms with van der Waals surface area (Å²) in [6.45, 7) is 3.20. The molecule has 2 aromatic carbocycles. The molecule has 1 saturated heterocycles. The van der Waals surface area contributed by atoms with Crippen LogP contribution in [-0.4, -0.2) is 73.2 Å². The number of likely N-dealkylation sites (N-methyl/N-ethyl adjacent to an activating group) is 2. The number of methoxy groups -OCH3 is 1. The Morgan fingerprint density at radius 3 is 2.61 bits per heavy atom. The summed E-state index contributed by atoms with van der Waals surface area (Å²) in [5, 5.41) is 3.28. The van der Waals surface area contributed by atoms with Crippen LogP contribution in [0.2, 0.25) is 5.02 Å². The van der Waals surface area contributed by atoms with Gasteiger partial charge in [-0.25, -0.2) is 0 Å². The van der Waals surface area contributed by atoms with Crippen molar-refractivity contribution in [1.82, 2.24) is 14.7 Å². The molecule has 31 heavy (non-hydrogen) atoms. The number of aryl methyl sites for hydroxylation is 1. The molecule has 0 bridgehead atoms. The van der Waals surface area contributed by atoms with E-state index >= 15 is 0 Å². The molecule has 166 valence electrons. The van der Waals surface area contributed by atoms with Crippen molar-refractivity contribution in [3.63, 3.8) is 0 Å². The smallest absolute Gasteiger partial charge is 0.251 e. The SMILES string of the molecule is COC1CN(C(C(=O)Nc2cc(C)ccc2Cl)C(=O)N(C)Cc2ccccc2)CN1C. The van der Waals surface area contributed by atoms with E-state index < -0.39 is 11.9 Å². The van der Waals surface area contributed by atoms with Crippen LogP contribution in [-0.2, 0) is 20.9 Å². The zero-order valence-corrected chi connectivity index (χ0v) is 19.1. The van der Waals surface area contributed by atoms with Crippen LogP contribution in [0.5, 0.6) is 0 Å². The number of rotatable bonds is 7. The van der Waals surface area contributed by atoms with Gasteiger partial charge in [-0.3, -0.25) is 19.4 Å². The number of nitrogens with one attached hydrogen (secondary N) is 1. The molecule has 0 radical (unpaired) electrons. The molecule has 1 heterocycles. The molecule has 2 aromatic rings. The Kier molecular flexibility index (Phi) is 7.67. The van der Waals surface area contributed by atoms with E-state index in [9.17, 15) is 9.59 Å². The largest absolute Gasteiger partial charge is 0.365 e. The summed E-state index contributed by atoms with van der Waals surface area (Å²) in [6, 6.07) is 14.1. The molecule has 3 rings (SSSR count). The molecule has 1 aliphatic rings. The summed E-state index contributed by atoms with van der Waals surface area (Å²) >= 11 is 6.27. The van der Waals surface area contributed by atoms with Crippen molar-refractivity contribution in [3.8, 4) is 0 Å². The molecule has 7 nitrogen and oxygen atoms in total. The normalized spacial score (nSPS) is 18.0. The van der Waals surface area contributed by atoms with E-state index in [1.807, 2.05) is 60.2 Å². The van der Waals surface area contributed by atoms with Crippen molar-refractivity contribution < 1.29 is 14.3 Å². The number of ether oxygens (including phenoxy) is 1. The van der Waals surface area contributed by atoms with Gasteiger partial charge in [0.2, 0.25) is 5.91 Å². The minimum absolute atomic E-state index is 0.190. The summed E-state index contributed by atoms with van der Waals surface area (Å²) < 4.78 is 5.48. The fourth-order valence-corrected chi connectivity index (χ4v) is 3.90. The van der Waals surface area contributed by atoms with Gasteiger partial charge in [0.25, 0.3) is 5.91 Å². The molecule has 2 atom stereocenters. The van der Waals surface area contributed by atoms with Gasteiger partial charge in [-0.05, 0) is 37.2 Å². The number of carbonyl (C=O) groups is 2. The Labute approximate surface area is 188 Å². The average molecular weight is 445 g/mol. The van der Waals surface area contributed by atoms with Crippen LogP contribution in [0.25, 0.3) is 0 Å². The van der Waals surface area contributed by atoms with Crippen LogP contribution < -0.4 is 5.32 Å². The first-order chi connectivity index (χ1) is 14.8. The molecule has 0 aliphatic carbocycles. The minimum atomic E-state index is -1.01. The molecule has 1 aliphatic heterocycles. The first-order valence-electron chi connectivity index (χ1n) is 10.1. The fraction of sp³-hybridized carbons (Fsp3) is 0.391. The maximum absolute atomic E-state index is 13.5. The molecular formula is C23H29ClN4O3. The standard InChI is InChI=1S/C23H29ClN4O3/c1-16-10-11-18(24)19(12-16)25-22(29)21(28-14-20(31-4)27(3)15-28)23(30)26(2)13-17-8-6-5-7-9-17/h5-12,20-21H,13-15H2,1-4H3,(H,25,29). The third-order valence-corrected chi connectivity index (χ3v) is 5.75. The Hall–Kier alpha value is -2.45. The van der Waals surface area contributed by atoms with E-state index in [0.29, 0.717) is 30.5 Å². The summed E-state index contributed by atoms with van der Waals surface area (Å²) in [5.41, 5.74) is 2.45. The Morgan fingerprint density at radius 2 is 1.97 bits per heavy atom. The van der Waals surface area contributed by atoms with Crippen molar-refractivity contribution in [2.24, 2.45) is 0 Å². The van der Waals surface area contributed by atoms with Crippen LogP contribution in [0.4, 0.5) is 5.69 Å². The van der Waals surface area contributed by atoms with Gasteiger partial charge in [0.05, 0.1) is 17.4 Å². The number of nitrogens with zero attached hydrogens (tertiary/aromatic N) is 3. The second kappa shape index (κ2) is 10.2. The van der Waals surface area contributed by atoms with Crippen LogP contribution in [0.3, 0.4) is 0 Å². The van der Waals surface area contributed by atoms with Gasteiger partial charge in [-0.2, -0.15) is 0 Å². The van der Waals surface area contributed by atoms with Crippen molar-refractivity contribution in [2.45, 2.75) is 25.7 Å². The van der Waals surface area contributed by atoms with Gasteiger partial charge < -0.3 is 15.0 Å². The topological polar surface area (TPSA) is 65.1 Å². The quantitative estimate of drug-likeness (QED) is 0.665. The lowest BCUT2D eigenvalue weighted by molar-refractivity contribution is -0.141. The number of halogens is 1. The second-order valence-electron chi connectivity index (χ2n) is 7.92. The number of hydrogen-bond acceptors (Lipinski definition) is 5. The predicted octanol–water partition coefficient (Wildman–Crippen LogP) is 2.79. The van der Waals surface area contributed by atoms with E-state index in [-0.39, 0.29) is 12.1 Å². The van der Waals surface area contributed by atoms with E-state index in [1.165, 1.54) is 0 Å². The Morgan fingerprint density at radius 1 is 1.26 bits per heavy atom. The van der Waals surface area contributed by atoms with E-state index in [1.54, 1.807) is 31.2 Å². The van der Waals surface area contributed by atoms with E-state index in [4.69, 9.17) is 16.3 Å². The Bertz CT molecular complexity index is 924. The lowest BCUT2D eigenvalue weighted by Crippen LogP contribution is -2.53. The number of anilines is 1. The first kappa shape index (κ1) is 23.2. The molecular weight excluding hydrogens is 416 g/mol. The summed E-state index contributed by atoms with van der Waals surface area (Å²) in [7, 11) is 5.23. The molecule has 1 fully saturated rings. The van der Waals surface area contributed by atoms with Gasteiger partial charge >= 0.3 is 0 Å². The van der Waals surface area contributed by atoms with Crippen LogP contribution in [0.15, 0.2) is 48.5 Å². The zero-order valence-electron chi connectivity index (χ0n) is 18.3. The van der Waals surface area contributed by atoms with Crippen molar-refractivity contribution >= 4 is 29.1 Å². The average Bonchev–Trinajstić information content (AvgIpc) is 3.11. The molecule has 2 unspecified atom stereocenters. The lowest BCUT2D eigenvalue weighted by atomic mass is 10.1. The summed E-state index contributed by atoms with van der Waals surface area (Å²) in [4.78, 5) is 32.2. The highest BCUT2D eigenvalue weighted by Crippen LogP contribution is 2.24. The third kappa shape index (κ3) is 5.62. The van der Waals surface area contributed by atoms with Gasteiger partial charge in [0.1, 0.15) is 6.23 Å². The van der Waals surface area contributed by atoms with Crippen LogP contribution in [0, 0.1) is 6.92 Å². The maximum Gasteiger partial charge on any atom is 0.251 e. The third-order valence-electron chi connectivity index (χ3n) is 5.43. The molecule has 0 aromatic heterocycles. The van der Waals surface area contributed by atoms with Crippen LogP contribution in [0.1, 0.15) is 11.1 Å². The van der Waals surface area contributed by atoms with Crippen molar-refractivity contribution in [2.75, 3.05) is 39.7 Å². The molecule has 2 amide bonds. The summed E-state index contributed by atoms with van der Waals surface area (Å²) in [5.74, 6) is -0.696. The van der Waals surface area contributed by atoms with E-state index in [0.717, 1.165) is 11.1 Å². The monoisotopic (exact) mass is 444 g/mol. The number of benzene rings is 2. The van der Waals surface area contributed by atoms with Crippen LogP contribution >= 0.6 is 11.6 Å². The maximum atomic E-state index is 13.5. The highest BCUT2D eigenvalue weighted by molar-refractivity contribution is 6.34. The number of amides is 2. The van der Waals surface area contributed by atoms with Gasteiger partial charge in [0.15, 0.2) is 6.04 Å². The first-order valence-corrected chi connectivity index (χ1v) is 10.5. The minimum Gasteiger partial charge on any atom is -0.365 e. The highest BCUT2D eigenvalue weighted by Gasteiger charge is 2.41. The van der Waals surface area contributed by atoms with Crippen molar-refractivity contribution in [3.05, 3.63) is 64.7 Å². The number of hydrogen-bond donors (Lipinski definition) is 1.